The van der Waals surface area contributed by atoms with Crippen molar-refractivity contribution in [2.75, 3.05) is 13.2 Å². The number of carbonyl (C=O) groups is 1. The number of halogens is 1. The molecule has 0 unspecified atom stereocenters. The van der Waals surface area contributed by atoms with E-state index in [1.54, 1.807) is 12.1 Å². The number of aryl methyl sites for hydroxylation is 1. The molecule has 0 aliphatic heterocycles. The molecule has 0 spiro atoms. The van der Waals surface area contributed by atoms with E-state index < -0.39 is 0 Å². The van der Waals surface area contributed by atoms with Crippen LogP contribution >= 0.6 is 0 Å². The van der Waals surface area contributed by atoms with Crippen molar-refractivity contribution in [1.82, 2.24) is 5.32 Å². The molecule has 0 aliphatic carbocycles. The van der Waals surface area contributed by atoms with Crippen molar-refractivity contribution in [2.45, 2.75) is 19.3 Å². The zero-order chi connectivity index (χ0) is 15.6. The van der Waals surface area contributed by atoms with Crippen molar-refractivity contribution in [3.05, 3.63) is 66.0 Å². The summed E-state index contributed by atoms with van der Waals surface area (Å²) < 4.78 is 18.8. The maximum atomic E-state index is 13.4. The third kappa shape index (κ3) is 5.56. The van der Waals surface area contributed by atoms with Gasteiger partial charge in [0.25, 0.3) is 5.91 Å². The first-order chi connectivity index (χ1) is 10.8. The minimum absolute atomic E-state index is 0.0112. The second kappa shape index (κ2) is 8.82. The first kappa shape index (κ1) is 16.0. The van der Waals surface area contributed by atoms with E-state index in [1.807, 2.05) is 36.4 Å². The highest BCUT2D eigenvalue weighted by molar-refractivity contribution is 5.77. The summed E-state index contributed by atoms with van der Waals surface area (Å²) in [7, 11) is 0. The molecule has 0 fully saturated rings. The fraction of sp³-hybridized carbons (Fsp3) is 0.278. The minimum Gasteiger partial charge on any atom is -0.484 e. The fourth-order valence-corrected chi connectivity index (χ4v) is 2.09. The van der Waals surface area contributed by atoms with E-state index in [-0.39, 0.29) is 18.3 Å². The standard InChI is InChI=1S/C18H20FNO2/c19-17-12-5-4-8-15(17)9-6-7-13-20-18(21)14-22-16-10-2-1-3-11-16/h1-5,8,10-12H,6-7,9,13-14H2,(H,20,21). The van der Waals surface area contributed by atoms with Gasteiger partial charge in [0, 0.05) is 6.54 Å². The van der Waals surface area contributed by atoms with Crippen LogP contribution < -0.4 is 10.1 Å². The van der Waals surface area contributed by atoms with E-state index in [0.717, 1.165) is 18.4 Å². The van der Waals surface area contributed by atoms with Gasteiger partial charge in [0.05, 0.1) is 0 Å². The number of ether oxygens (including phenoxy) is 1. The van der Waals surface area contributed by atoms with Crippen molar-refractivity contribution < 1.29 is 13.9 Å². The summed E-state index contributed by atoms with van der Waals surface area (Å²) in [5.41, 5.74) is 0.723. The molecule has 4 heteroatoms. The Balaban J connectivity index is 1.57. The Labute approximate surface area is 130 Å². The summed E-state index contributed by atoms with van der Waals surface area (Å²) in [6.45, 7) is 0.586. The van der Waals surface area contributed by atoms with E-state index in [9.17, 15) is 9.18 Å². The summed E-state index contributed by atoms with van der Waals surface area (Å²) in [5, 5.41) is 2.80. The number of carbonyl (C=O) groups excluding carboxylic acids is 1. The zero-order valence-electron chi connectivity index (χ0n) is 12.4. The van der Waals surface area contributed by atoms with Gasteiger partial charge in [-0.05, 0) is 43.0 Å². The number of hydrogen-bond donors (Lipinski definition) is 1. The molecule has 0 radical (unpaired) electrons. The van der Waals surface area contributed by atoms with Crippen LogP contribution in [0.1, 0.15) is 18.4 Å². The Hall–Kier alpha value is -2.36. The van der Waals surface area contributed by atoms with E-state index in [2.05, 4.69) is 5.32 Å². The average Bonchev–Trinajstić information content (AvgIpc) is 2.55. The molecule has 2 aromatic carbocycles. The van der Waals surface area contributed by atoms with Gasteiger partial charge in [-0.15, -0.1) is 0 Å². The molecule has 2 aromatic rings. The predicted molar refractivity (Wildman–Crippen MR) is 84.3 cm³/mol. The Morgan fingerprint density at radius 2 is 1.73 bits per heavy atom. The van der Waals surface area contributed by atoms with Gasteiger partial charge in [-0.2, -0.15) is 0 Å². The number of unbranched alkanes of at least 4 members (excludes halogenated alkanes) is 1. The van der Waals surface area contributed by atoms with Crippen LogP contribution in [0.4, 0.5) is 4.39 Å². The van der Waals surface area contributed by atoms with Crippen LogP contribution in [-0.4, -0.2) is 19.1 Å². The normalized spacial score (nSPS) is 10.2. The fourth-order valence-electron chi connectivity index (χ4n) is 2.09. The van der Waals surface area contributed by atoms with Crippen molar-refractivity contribution in [3.8, 4) is 5.75 Å². The molecule has 0 aliphatic rings. The van der Waals surface area contributed by atoms with E-state index in [0.29, 0.717) is 18.7 Å². The number of hydrogen-bond acceptors (Lipinski definition) is 2. The molecule has 0 heterocycles. The van der Waals surface area contributed by atoms with Gasteiger partial charge in [0.15, 0.2) is 6.61 Å². The average molecular weight is 301 g/mol. The topological polar surface area (TPSA) is 38.3 Å². The van der Waals surface area contributed by atoms with Crippen LogP contribution in [0.15, 0.2) is 54.6 Å². The number of benzene rings is 2. The third-order valence-electron chi connectivity index (χ3n) is 3.27. The van der Waals surface area contributed by atoms with Crippen LogP contribution in [0.25, 0.3) is 0 Å². The van der Waals surface area contributed by atoms with E-state index in [4.69, 9.17) is 4.74 Å². The molecular weight excluding hydrogens is 281 g/mol. The number of amides is 1. The number of para-hydroxylation sites is 1. The maximum absolute atomic E-state index is 13.4. The van der Waals surface area contributed by atoms with Crippen LogP contribution in [0.2, 0.25) is 0 Å². The smallest absolute Gasteiger partial charge is 0.257 e. The first-order valence-electron chi connectivity index (χ1n) is 7.43. The van der Waals surface area contributed by atoms with Crippen LogP contribution in [0.5, 0.6) is 5.75 Å². The minimum atomic E-state index is -0.164. The number of rotatable bonds is 8. The highest BCUT2D eigenvalue weighted by Gasteiger charge is 2.03. The lowest BCUT2D eigenvalue weighted by Crippen LogP contribution is -2.29. The molecule has 116 valence electrons. The lowest BCUT2D eigenvalue weighted by atomic mass is 10.1. The Bertz CT molecular complexity index is 587. The van der Waals surface area contributed by atoms with E-state index in [1.165, 1.54) is 6.07 Å². The van der Waals surface area contributed by atoms with Crippen molar-refractivity contribution >= 4 is 5.91 Å². The molecule has 0 atom stereocenters. The zero-order valence-corrected chi connectivity index (χ0v) is 12.4. The Morgan fingerprint density at radius 1 is 1.00 bits per heavy atom. The van der Waals surface area contributed by atoms with Gasteiger partial charge in [0.2, 0.25) is 0 Å². The van der Waals surface area contributed by atoms with Crippen molar-refractivity contribution in [3.63, 3.8) is 0 Å². The second-order valence-corrected chi connectivity index (χ2v) is 5.00. The molecular formula is C18H20FNO2. The summed E-state index contributed by atoms with van der Waals surface area (Å²) in [6, 6.07) is 16.0. The van der Waals surface area contributed by atoms with Gasteiger partial charge in [-0.3, -0.25) is 4.79 Å². The largest absolute Gasteiger partial charge is 0.484 e. The molecule has 3 nitrogen and oxygen atoms in total. The van der Waals surface area contributed by atoms with Gasteiger partial charge < -0.3 is 10.1 Å². The first-order valence-corrected chi connectivity index (χ1v) is 7.43. The predicted octanol–water partition coefficient (Wildman–Crippen LogP) is 3.34. The quantitative estimate of drug-likeness (QED) is 0.759. The van der Waals surface area contributed by atoms with Crippen molar-refractivity contribution in [1.29, 1.82) is 0 Å². The van der Waals surface area contributed by atoms with Gasteiger partial charge in [-0.1, -0.05) is 36.4 Å². The summed E-state index contributed by atoms with van der Waals surface area (Å²) >= 11 is 0. The molecule has 0 saturated heterocycles. The van der Waals surface area contributed by atoms with Gasteiger partial charge in [-0.25, -0.2) is 4.39 Å². The summed E-state index contributed by atoms with van der Waals surface area (Å²) in [5.74, 6) is 0.370. The molecule has 2 rings (SSSR count). The monoisotopic (exact) mass is 301 g/mol. The van der Waals surface area contributed by atoms with Crippen LogP contribution in [-0.2, 0) is 11.2 Å². The maximum Gasteiger partial charge on any atom is 0.257 e. The highest BCUT2D eigenvalue weighted by Crippen LogP contribution is 2.10. The molecule has 0 saturated carbocycles. The van der Waals surface area contributed by atoms with Gasteiger partial charge >= 0.3 is 0 Å². The Kier molecular flexibility index (Phi) is 6.42. The lowest BCUT2D eigenvalue weighted by molar-refractivity contribution is -0.123. The molecule has 1 amide bonds. The van der Waals surface area contributed by atoms with E-state index >= 15 is 0 Å². The number of nitrogens with one attached hydrogen (secondary N) is 1. The summed E-state index contributed by atoms with van der Waals surface area (Å²) in [6.07, 6.45) is 2.33. The molecule has 0 bridgehead atoms. The SMILES string of the molecule is O=C(COc1ccccc1)NCCCCc1ccccc1F. The van der Waals surface area contributed by atoms with Crippen LogP contribution in [0.3, 0.4) is 0 Å². The molecule has 0 aromatic heterocycles. The molecule has 1 N–H and O–H groups in total. The third-order valence-corrected chi connectivity index (χ3v) is 3.27. The lowest BCUT2D eigenvalue weighted by Gasteiger charge is -2.07. The highest BCUT2D eigenvalue weighted by atomic mass is 19.1. The van der Waals surface area contributed by atoms with Crippen LogP contribution in [0, 0.1) is 5.82 Å². The Morgan fingerprint density at radius 3 is 2.50 bits per heavy atom. The van der Waals surface area contributed by atoms with Gasteiger partial charge in [0.1, 0.15) is 11.6 Å². The summed E-state index contributed by atoms with van der Waals surface area (Å²) in [4.78, 5) is 11.6. The second-order valence-electron chi connectivity index (χ2n) is 5.00. The molecule has 22 heavy (non-hydrogen) atoms. The van der Waals surface area contributed by atoms with Crippen molar-refractivity contribution in [2.24, 2.45) is 0 Å².